The maximum atomic E-state index is 13.9. The van der Waals surface area contributed by atoms with Gasteiger partial charge in [-0.3, -0.25) is 4.79 Å². The van der Waals surface area contributed by atoms with Crippen LogP contribution in [-0.2, 0) is 4.74 Å². The highest BCUT2D eigenvalue weighted by molar-refractivity contribution is 5.94. The third-order valence-electron chi connectivity index (χ3n) is 3.48. The van der Waals surface area contributed by atoms with E-state index >= 15 is 0 Å². The smallest absolute Gasteiger partial charge is 0.254 e. The summed E-state index contributed by atoms with van der Waals surface area (Å²) in [6, 6.07) is 4.26. The normalized spacial score (nSPS) is 18.0. The molecule has 112 valence electrons. The van der Waals surface area contributed by atoms with Crippen molar-refractivity contribution in [2.45, 2.75) is 19.4 Å². The van der Waals surface area contributed by atoms with Gasteiger partial charge in [0.1, 0.15) is 12.4 Å². The molecule has 1 atom stereocenters. The minimum absolute atomic E-state index is 0.0307. The van der Waals surface area contributed by atoms with E-state index in [-0.39, 0.29) is 24.1 Å². The van der Waals surface area contributed by atoms with Crippen LogP contribution in [0.4, 0.5) is 4.39 Å². The highest BCUT2D eigenvalue weighted by Crippen LogP contribution is 2.17. The van der Waals surface area contributed by atoms with Crippen LogP contribution in [0.2, 0.25) is 0 Å². The Morgan fingerprint density at radius 1 is 1.57 bits per heavy atom. The topological polar surface area (TPSA) is 49.8 Å². The number of ether oxygens (including phenoxy) is 1. The minimum atomic E-state index is -0.553. The van der Waals surface area contributed by atoms with Crippen molar-refractivity contribution in [1.82, 2.24) is 4.90 Å². The molecule has 0 bridgehead atoms. The molecule has 4 nitrogen and oxygen atoms in total. The molecular formula is C16H18FNO3. The molecule has 1 aromatic carbocycles. The number of benzene rings is 1. The molecule has 1 saturated heterocycles. The first-order valence-corrected chi connectivity index (χ1v) is 6.95. The fourth-order valence-corrected chi connectivity index (χ4v) is 2.31. The number of morpholine rings is 1. The monoisotopic (exact) mass is 291 g/mol. The van der Waals surface area contributed by atoms with E-state index in [1.165, 1.54) is 12.1 Å². The standard InChI is InChI=1S/C16H18FNO3/c1-2-14-11-21-9-7-18(14)16(20)13-6-5-12(4-3-8-19)15(17)10-13/h5-6,10,14,19H,2,7-9,11H2,1H3. The summed E-state index contributed by atoms with van der Waals surface area (Å²) >= 11 is 0. The Balaban J connectivity index is 2.21. The van der Waals surface area contributed by atoms with Crippen molar-refractivity contribution in [1.29, 1.82) is 0 Å². The SMILES string of the molecule is CCC1COCCN1C(=O)c1ccc(C#CCO)c(F)c1. The number of amides is 1. The molecule has 1 aliphatic rings. The number of halogens is 1. The lowest BCUT2D eigenvalue weighted by Gasteiger charge is -2.35. The van der Waals surface area contributed by atoms with Crippen LogP contribution in [0.25, 0.3) is 0 Å². The third-order valence-corrected chi connectivity index (χ3v) is 3.48. The van der Waals surface area contributed by atoms with E-state index in [1.54, 1.807) is 11.0 Å². The van der Waals surface area contributed by atoms with Crippen LogP contribution in [0, 0.1) is 17.7 Å². The number of rotatable bonds is 2. The first kappa shape index (κ1) is 15.5. The minimum Gasteiger partial charge on any atom is -0.384 e. The molecular weight excluding hydrogens is 273 g/mol. The summed E-state index contributed by atoms with van der Waals surface area (Å²) in [4.78, 5) is 14.2. The van der Waals surface area contributed by atoms with Crippen molar-refractivity contribution in [2.24, 2.45) is 0 Å². The van der Waals surface area contributed by atoms with Crippen molar-refractivity contribution < 1.29 is 19.0 Å². The zero-order chi connectivity index (χ0) is 15.2. The predicted octanol–water partition coefficient (Wildman–Crippen LogP) is 1.42. The Hall–Kier alpha value is -1.90. The number of carbonyl (C=O) groups excluding carboxylic acids is 1. The van der Waals surface area contributed by atoms with E-state index < -0.39 is 5.82 Å². The van der Waals surface area contributed by atoms with Crippen LogP contribution in [0.1, 0.15) is 29.3 Å². The van der Waals surface area contributed by atoms with Gasteiger partial charge in [0, 0.05) is 12.1 Å². The molecule has 1 N–H and O–H groups in total. The van der Waals surface area contributed by atoms with Gasteiger partial charge in [-0.15, -0.1) is 0 Å². The Labute approximate surface area is 123 Å². The molecule has 5 heteroatoms. The summed E-state index contributed by atoms with van der Waals surface area (Å²) in [6.45, 7) is 3.21. The molecule has 2 rings (SSSR count). The summed E-state index contributed by atoms with van der Waals surface area (Å²) in [5.74, 6) is 4.15. The van der Waals surface area contributed by atoms with Crippen LogP contribution >= 0.6 is 0 Å². The Kier molecular flexibility index (Phi) is 5.32. The van der Waals surface area contributed by atoms with Crippen molar-refractivity contribution in [2.75, 3.05) is 26.4 Å². The van der Waals surface area contributed by atoms with E-state index in [0.29, 0.717) is 25.3 Å². The Morgan fingerprint density at radius 2 is 2.38 bits per heavy atom. The molecule has 1 unspecified atom stereocenters. The lowest BCUT2D eigenvalue weighted by Crippen LogP contribution is -2.48. The first-order valence-electron chi connectivity index (χ1n) is 6.95. The van der Waals surface area contributed by atoms with E-state index in [2.05, 4.69) is 11.8 Å². The summed E-state index contributed by atoms with van der Waals surface area (Å²) in [6.07, 6.45) is 0.800. The zero-order valence-electron chi connectivity index (χ0n) is 11.9. The van der Waals surface area contributed by atoms with Crippen molar-refractivity contribution >= 4 is 5.91 Å². The molecule has 1 heterocycles. The quantitative estimate of drug-likeness (QED) is 0.838. The zero-order valence-corrected chi connectivity index (χ0v) is 11.9. The van der Waals surface area contributed by atoms with Crippen LogP contribution in [0.15, 0.2) is 18.2 Å². The van der Waals surface area contributed by atoms with Gasteiger partial charge in [0.15, 0.2) is 0 Å². The highest BCUT2D eigenvalue weighted by Gasteiger charge is 2.27. The third kappa shape index (κ3) is 3.60. The number of aliphatic hydroxyl groups excluding tert-OH is 1. The van der Waals surface area contributed by atoms with Crippen molar-refractivity contribution in [3.8, 4) is 11.8 Å². The second-order valence-corrected chi connectivity index (χ2v) is 4.79. The largest absolute Gasteiger partial charge is 0.384 e. The van der Waals surface area contributed by atoms with Crippen molar-refractivity contribution in [3.63, 3.8) is 0 Å². The molecule has 0 radical (unpaired) electrons. The van der Waals surface area contributed by atoms with Gasteiger partial charge in [-0.25, -0.2) is 4.39 Å². The number of hydrogen-bond acceptors (Lipinski definition) is 3. The van der Waals surface area contributed by atoms with Crippen LogP contribution in [-0.4, -0.2) is 48.3 Å². The summed E-state index contributed by atoms with van der Waals surface area (Å²) < 4.78 is 19.3. The average Bonchev–Trinajstić information content (AvgIpc) is 2.53. The maximum absolute atomic E-state index is 13.9. The van der Waals surface area contributed by atoms with E-state index in [9.17, 15) is 9.18 Å². The van der Waals surface area contributed by atoms with Gasteiger partial charge >= 0.3 is 0 Å². The van der Waals surface area contributed by atoms with Gasteiger partial charge in [-0.1, -0.05) is 18.8 Å². The highest BCUT2D eigenvalue weighted by atomic mass is 19.1. The number of hydrogen-bond donors (Lipinski definition) is 1. The molecule has 1 amide bonds. The maximum Gasteiger partial charge on any atom is 0.254 e. The van der Waals surface area contributed by atoms with Gasteiger partial charge in [-0.05, 0) is 24.6 Å². The number of carbonyl (C=O) groups is 1. The van der Waals surface area contributed by atoms with Gasteiger partial charge in [-0.2, -0.15) is 0 Å². The van der Waals surface area contributed by atoms with Crippen LogP contribution in [0.3, 0.4) is 0 Å². The van der Waals surface area contributed by atoms with Gasteiger partial charge < -0.3 is 14.7 Å². The van der Waals surface area contributed by atoms with Crippen LogP contribution in [0.5, 0.6) is 0 Å². The molecule has 0 spiro atoms. The Morgan fingerprint density at radius 3 is 3.05 bits per heavy atom. The second kappa shape index (κ2) is 7.21. The molecule has 21 heavy (non-hydrogen) atoms. The van der Waals surface area contributed by atoms with Gasteiger partial charge in [0.2, 0.25) is 0 Å². The fourth-order valence-electron chi connectivity index (χ4n) is 2.31. The number of aliphatic hydroxyl groups is 1. The number of nitrogens with zero attached hydrogens (tertiary/aromatic N) is 1. The van der Waals surface area contributed by atoms with Gasteiger partial charge in [0.05, 0.1) is 24.8 Å². The molecule has 1 aliphatic heterocycles. The van der Waals surface area contributed by atoms with Gasteiger partial charge in [0.25, 0.3) is 5.91 Å². The fraction of sp³-hybridized carbons (Fsp3) is 0.438. The average molecular weight is 291 g/mol. The molecule has 0 aliphatic carbocycles. The summed E-state index contributed by atoms with van der Waals surface area (Å²) in [5.41, 5.74) is 0.483. The summed E-state index contributed by atoms with van der Waals surface area (Å²) in [5, 5.41) is 8.62. The lowest BCUT2D eigenvalue weighted by atomic mass is 10.1. The Bertz CT molecular complexity index is 577. The first-order chi connectivity index (χ1) is 10.2. The molecule has 1 aromatic rings. The molecule has 0 aromatic heterocycles. The van der Waals surface area contributed by atoms with Crippen molar-refractivity contribution in [3.05, 3.63) is 35.1 Å². The van der Waals surface area contributed by atoms with Crippen LogP contribution < -0.4 is 0 Å². The van der Waals surface area contributed by atoms with E-state index in [0.717, 1.165) is 6.42 Å². The molecule has 0 saturated carbocycles. The lowest BCUT2D eigenvalue weighted by molar-refractivity contribution is -0.00281. The summed E-state index contributed by atoms with van der Waals surface area (Å²) in [7, 11) is 0. The van der Waals surface area contributed by atoms with E-state index in [1.807, 2.05) is 6.92 Å². The molecule has 1 fully saturated rings. The second-order valence-electron chi connectivity index (χ2n) is 4.79. The predicted molar refractivity (Wildman–Crippen MR) is 76.3 cm³/mol. The van der Waals surface area contributed by atoms with E-state index in [4.69, 9.17) is 9.84 Å².